The van der Waals surface area contributed by atoms with Crippen molar-refractivity contribution in [3.63, 3.8) is 0 Å². The number of anilines is 1. The number of nitrogens with two attached hydrogens (primary N) is 1. The molecule has 0 bridgehead atoms. The minimum Gasteiger partial charge on any atom is -0.379 e. The van der Waals surface area contributed by atoms with Crippen LogP contribution in [-0.2, 0) is 0 Å². The molecule has 2 N–H and O–H groups in total. The molecule has 0 radical (unpaired) electrons. The van der Waals surface area contributed by atoms with E-state index in [4.69, 9.17) is 10.3 Å². The van der Waals surface area contributed by atoms with Gasteiger partial charge in [0, 0.05) is 0 Å². The molecule has 0 fully saturated rings. The lowest BCUT2D eigenvalue weighted by Crippen LogP contribution is -1.92. The number of nitro groups is 1. The zero-order valence-electron chi connectivity index (χ0n) is 8.75. The van der Waals surface area contributed by atoms with Crippen LogP contribution in [0, 0.1) is 10.1 Å². The fourth-order valence-electron chi connectivity index (χ4n) is 1.20. The lowest BCUT2D eigenvalue weighted by Gasteiger charge is -1.86. The summed E-state index contributed by atoms with van der Waals surface area (Å²) in [6.07, 6.45) is 0. The molecule has 3 aromatic heterocycles. The maximum absolute atomic E-state index is 10.6. The van der Waals surface area contributed by atoms with Crippen molar-refractivity contribution in [1.82, 2.24) is 30.8 Å². The molecule has 96 valence electrons. The van der Waals surface area contributed by atoms with Crippen LogP contribution in [0.25, 0.3) is 23.1 Å². The molecular weight excluding hydrogens is 264 g/mol. The van der Waals surface area contributed by atoms with Crippen LogP contribution < -0.4 is 5.73 Å². The minimum absolute atomic E-state index is 0.0119. The first-order valence-electron chi connectivity index (χ1n) is 4.56. The summed E-state index contributed by atoms with van der Waals surface area (Å²) in [7, 11) is 0. The van der Waals surface area contributed by atoms with E-state index in [2.05, 4.69) is 40.0 Å². The average Bonchev–Trinajstić information content (AvgIpc) is 3.06. The van der Waals surface area contributed by atoms with Crippen molar-refractivity contribution in [1.29, 1.82) is 0 Å². The SMILES string of the molecule is Nc1nonc1-c1nc(-c2nonc2[N+](=O)[O-])no1. The van der Waals surface area contributed by atoms with Gasteiger partial charge in [-0.2, -0.15) is 4.98 Å². The summed E-state index contributed by atoms with van der Waals surface area (Å²) in [4.78, 5) is 13.7. The normalized spacial score (nSPS) is 10.7. The highest BCUT2D eigenvalue weighted by atomic mass is 16.6. The van der Waals surface area contributed by atoms with Crippen LogP contribution in [0.15, 0.2) is 13.8 Å². The van der Waals surface area contributed by atoms with Crippen LogP contribution in [0.4, 0.5) is 11.6 Å². The lowest BCUT2D eigenvalue weighted by atomic mass is 10.4. The van der Waals surface area contributed by atoms with Crippen LogP contribution >= 0.6 is 0 Å². The van der Waals surface area contributed by atoms with E-state index in [1.807, 2.05) is 0 Å². The Kier molecular flexibility index (Phi) is 2.17. The van der Waals surface area contributed by atoms with E-state index in [1.54, 1.807) is 0 Å². The molecule has 0 unspecified atom stereocenters. The number of rotatable bonds is 3. The first kappa shape index (κ1) is 10.8. The Labute approximate surface area is 101 Å². The fraction of sp³-hybridized carbons (Fsp3) is 0. The van der Waals surface area contributed by atoms with E-state index in [-0.39, 0.29) is 28.9 Å². The van der Waals surface area contributed by atoms with Gasteiger partial charge in [-0.1, -0.05) is 5.16 Å². The second-order valence-electron chi connectivity index (χ2n) is 3.11. The molecule has 13 heteroatoms. The summed E-state index contributed by atoms with van der Waals surface area (Å²) < 4.78 is 13.4. The Bertz CT molecular complexity index is 742. The summed E-state index contributed by atoms with van der Waals surface area (Å²) in [5, 5.41) is 27.3. The van der Waals surface area contributed by atoms with Gasteiger partial charge in [0.1, 0.15) is 0 Å². The molecule has 3 aromatic rings. The molecule has 3 rings (SSSR count). The van der Waals surface area contributed by atoms with Crippen molar-refractivity contribution < 1.29 is 18.7 Å². The molecule has 0 saturated heterocycles. The number of nitrogen functional groups attached to an aromatic ring is 1. The van der Waals surface area contributed by atoms with Gasteiger partial charge >= 0.3 is 5.82 Å². The van der Waals surface area contributed by atoms with E-state index < -0.39 is 10.7 Å². The molecule has 19 heavy (non-hydrogen) atoms. The third-order valence-electron chi connectivity index (χ3n) is 2.00. The number of hydrogen-bond donors (Lipinski definition) is 1. The Morgan fingerprint density at radius 2 is 1.79 bits per heavy atom. The topological polar surface area (TPSA) is 186 Å². The molecular formula is C6H2N8O5. The molecule has 0 amide bonds. The second-order valence-corrected chi connectivity index (χ2v) is 3.11. The Hall–Kier alpha value is -3.38. The third-order valence-corrected chi connectivity index (χ3v) is 2.00. The number of aromatic nitrogens is 6. The fourth-order valence-corrected chi connectivity index (χ4v) is 1.20. The minimum atomic E-state index is -0.798. The van der Waals surface area contributed by atoms with Crippen LogP contribution in [0.3, 0.4) is 0 Å². The summed E-state index contributed by atoms with van der Waals surface area (Å²) in [5.74, 6) is -1.04. The van der Waals surface area contributed by atoms with Gasteiger partial charge in [-0.05, 0) is 20.4 Å². The van der Waals surface area contributed by atoms with Gasteiger partial charge in [-0.25, -0.2) is 4.63 Å². The van der Waals surface area contributed by atoms with E-state index in [9.17, 15) is 10.1 Å². The van der Waals surface area contributed by atoms with Gasteiger partial charge < -0.3 is 20.4 Å². The van der Waals surface area contributed by atoms with Crippen molar-refractivity contribution >= 4 is 11.6 Å². The largest absolute Gasteiger partial charge is 0.446 e. The van der Waals surface area contributed by atoms with Crippen LogP contribution in [0.5, 0.6) is 0 Å². The Morgan fingerprint density at radius 1 is 1.05 bits per heavy atom. The maximum atomic E-state index is 10.6. The van der Waals surface area contributed by atoms with Crippen molar-refractivity contribution in [3.8, 4) is 23.1 Å². The first-order valence-corrected chi connectivity index (χ1v) is 4.56. The van der Waals surface area contributed by atoms with Crippen LogP contribution in [0.2, 0.25) is 0 Å². The monoisotopic (exact) mass is 266 g/mol. The quantitative estimate of drug-likeness (QED) is 0.480. The Morgan fingerprint density at radius 3 is 2.47 bits per heavy atom. The smallest absolute Gasteiger partial charge is 0.379 e. The predicted octanol–water partition coefficient (Wildman–Crippen LogP) is -0.340. The summed E-state index contributed by atoms with van der Waals surface area (Å²) in [6, 6.07) is 0. The van der Waals surface area contributed by atoms with E-state index in [1.165, 1.54) is 0 Å². The molecule has 3 heterocycles. The van der Waals surface area contributed by atoms with E-state index >= 15 is 0 Å². The van der Waals surface area contributed by atoms with Gasteiger partial charge in [0.25, 0.3) is 11.6 Å². The number of hydrogen-bond acceptors (Lipinski definition) is 12. The van der Waals surface area contributed by atoms with Gasteiger partial charge in [-0.15, -0.1) is 4.63 Å². The molecule has 13 nitrogen and oxygen atoms in total. The highest BCUT2D eigenvalue weighted by Crippen LogP contribution is 2.26. The molecule has 0 saturated carbocycles. The lowest BCUT2D eigenvalue weighted by molar-refractivity contribution is -0.390. The molecule has 0 aliphatic rings. The zero-order chi connectivity index (χ0) is 13.4. The molecule has 0 aliphatic heterocycles. The molecule has 0 aromatic carbocycles. The van der Waals surface area contributed by atoms with Crippen LogP contribution in [0.1, 0.15) is 0 Å². The first-order chi connectivity index (χ1) is 9.16. The van der Waals surface area contributed by atoms with Crippen molar-refractivity contribution in [2.24, 2.45) is 0 Å². The Balaban J connectivity index is 2.04. The van der Waals surface area contributed by atoms with Crippen molar-refractivity contribution in [2.45, 2.75) is 0 Å². The molecule has 0 atom stereocenters. The highest BCUT2D eigenvalue weighted by Gasteiger charge is 2.29. The van der Waals surface area contributed by atoms with Crippen molar-refractivity contribution in [2.75, 3.05) is 5.73 Å². The van der Waals surface area contributed by atoms with Gasteiger partial charge in [0.15, 0.2) is 5.16 Å². The van der Waals surface area contributed by atoms with Gasteiger partial charge in [0.2, 0.25) is 17.3 Å². The molecule has 0 aliphatic carbocycles. The van der Waals surface area contributed by atoms with Crippen LogP contribution in [-0.4, -0.2) is 35.7 Å². The van der Waals surface area contributed by atoms with E-state index in [0.717, 1.165) is 0 Å². The van der Waals surface area contributed by atoms with Crippen molar-refractivity contribution in [3.05, 3.63) is 10.1 Å². The average molecular weight is 266 g/mol. The van der Waals surface area contributed by atoms with E-state index in [0.29, 0.717) is 0 Å². The zero-order valence-corrected chi connectivity index (χ0v) is 8.75. The van der Waals surface area contributed by atoms with Gasteiger partial charge in [-0.3, -0.25) is 0 Å². The number of nitrogens with zero attached hydrogens (tertiary/aromatic N) is 7. The highest BCUT2D eigenvalue weighted by molar-refractivity contribution is 5.64. The summed E-state index contributed by atoms with van der Waals surface area (Å²) in [6.45, 7) is 0. The maximum Gasteiger partial charge on any atom is 0.446 e. The summed E-state index contributed by atoms with van der Waals surface area (Å²) >= 11 is 0. The third kappa shape index (κ3) is 1.65. The second kappa shape index (κ2) is 3.83. The standard InChI is InChI=1S/C6H2N8O5/c7-3-1(9-18-11-3)6-8-4(12-17-6)2-5(14(15)16)13-19-10-2/h(H2,7,11). The molecule has 0 spiro atoms. The summed E-state index contributed by atoms with van der Waals surface area (Å²) in [5.41, 5.74) is 5.16. The van der Waals surface area contributed by atoms with Gasteiger partial charge in [0.05, 0.1) is 0 Å². The predicted molar refractivity (Wildman–Crippen MR) is 51.9 cm³/mol.